The number of hydrogen-bond acceptors (Lipinski definition) is 4. The Balaban J connectivity index is 2.75. The minimum Gasteiger partial charge on any atom is -0.548 e. The largest absolute Gasteiger partial charge is 0.548 e. The quantitative estimate of drug-likeness (QED) is 0.718. The number of carbonyl (C=O) groups excluding carboxylic acids is 3. The van der Waals surface area contributed by atoms with Crippen molar-refractivity contribution >= 4 is 29.4 Å². The molecule has 0 spiro atoms. The molecule has 0 aliphatic heterocycles. The summed E-state index contributed by atoms with van der Waals surface area (Å²) in [5.41, 5.74) is 5.08. The van der Waals surface area contributed by atoms with E-state index in [2.05, 4.69) is 5.32 Å². The lowest BCUT2D eigenvalue weighted by molar-refractivity contribution is -0.308. The van der Waals surface area contributed by atoms with E-state index in [-0.39, 0.29) is 5.56 Å². The van der Waals surface area contributed by atoms with Gasteiger partial charge in [-0.05, 0) is 24.3 Å². The van der Waals surface area contributed by atoms with Crippen molar-refractivity contribution in [3.63, 3.8) is 0 Å². The van der Waals surface area contributed by atoms with Crippen molar-refractivity contribution in [2.75, 3.05) is 0 Å². The van der Waals surface area contributed by atoms with Crippen molar-refractivity contribution in [1.29, 1.82) is 0 Å². The molecule has 1 atom stereocenters. The summed E-state index contributed by atoms with van der Waals surface area (Å²) in [6.07, 6.45) is -0.526. The second kappa shape index (κ2) is 6.02. The lowest BCUT2D eigenvalue weighted by Crippen LogP contribution is -2.49. The number of primary amides is 1. The van der Waals surface area contributed by atoms with Gasteiger partial charge in [0.1, 0.15) is 0 Å². The molecule has 3 N–H and O–H groups in total. The second-order valence-electron chi connectivity index (χ2n) is 3.52. The molecule has 6 nitrogen and oxygen atoms in total. The summed E-state index contributed by atoms with van der Waals surface area (Å²) in [5.74, 6) is -3.07. The van der Waals surface area contributed by atoms with Crippen LogP contribution in [0.4, 0.5) is 0 Å². The Morgan fingerprint density at radius 2 is 1.83 bits per heavy atom. The van der Waals surface area contributed by atoms with Crippen molar-refractivity contribution < 1.29 is 19.5 Å². The number of rotatable bonds is 5. The zero-order valence-electron chi connectivity index (χ0n) is 9.18. The predicted molar refractivity (Wildman–Crippen MR) is 61.5 cm³/mol. The van der Waals surface area contributed by atoms with Crippen LogP contribution in [0.1, 0.15) is 16.8 Å². The van der Waals surface area contributed by atoms with Crippen molar-refractivity contribution in [3.05, 3.63) is 34.9 Å². The van der Waals surface area contributed by atoms with E-state index in [1.54, 1.807) is 0 Å². The molecule has 1 unspecified atom stereocenters. The molecule has 1 rings (SSSR count). The third-order valence-corrected chi connectivity index (χ3v) is 2.35. The molecule has 1 aromatic carbocycles. The van der Waals surface area contributed by atoms with Crippen LogP contribution < -0.4 is 16.2 Å². The summed E-state index contributed by atoms with van der Waals surface area (Å²) in [4.78, 5) is 33.0. The molecule has 96 valence electrons. The average molecular weight is 270 g/mol. The van der Waals surface area contributed by atoms with Crippen LogP contribution in [-0.2, 0) is 9.59 Å². The van der Waals surface area contributed by atoms with Gasteiger partial charge in [0.2, 0.25) is 5.91 Å². The summed E-state index contributed by atoms with van der Waals surface area (Å²) in [6.45, 7) is 0. The number of nitrogens with two attached hydrogens (primary N) is 1. The first-order valence-electron chi connectivity index (χ1n) is 4.95. The highest BCUT2D eigenvalue weighted by atomic mass is 35.5. The summed E-state index contributed by atoms with van der Waals surface area (Å²) < 4.78 is 0. The monoisotopic (exact) mass is 269 g/mol. The Morgan fingerprint density at radius 1 is 1.28 bits per heavy atom. The van der Waals surface area contributed by atoms with Gasteiger partial charge in [0.05, 0.1) is 18.4 Å². The lowest BCUT2D eigenvalue weighted by Gasteiger charge is -2.18. The zero-order chi connectivity index (χ0) is 13.7. The van der Waals surface area contributed by atoms with Crippen LogP contribution in [0.5, 0.6) is 0 Å². The van der Waals surface area contributed by atoms with Gasteiger partial charge in [-0.25, -0.2) is 0 Å². The van der Waals surface area contributed by atoms with Gasteiger partial charge in [-0.15, -0.1) is 0 Å². The molecule has 7 heteroatoms. The molecule has 2 amide bonds. The maximum Gasteiger partial charge on any atom is 0.251 e. The lowest BCUT2D eigenvalue weighted by atomic mass is 10.1. The number of aliphatic carboxylic acids is 1. The minimum absolute atomic E-state index is 0.218. The Labute approximate surface area is 108 Å². The Hall–Kier alpha value is -2.08. The highest BCUT2D eigenvalue weighted by molar-refractivity contribution is 6.30. The summed E-state index contributed by atoms with van der Waals surface area (Å²) in [7, 11) is 0. The number of carboxylic acids is 1. The van der Waals surface area contributed by atoms with Crippen LogP contribution in [-0.4, -0.2) is 23.8 Å². The molecule has 18 heavy (non-hydrogen) atoms. The smallest absolute Gasteiger partial charge is 0.251 e. The number of hydrogen-bond donors (Lipinski definition) is 2. The number of carbonyl (C=O) groups is 3. The molecule has 0 radical (unpaired) electrons. The Bertz CT molecular complexity index is 472. The number of benzene rings is 1. The molecule has 0 fully saturated rings. The molecule has 0 saturated carbocycles. The molecule has 0 aliphatic carbocycles. The standard InChI is InChI=1S/C11H11ClN2O4/c12-7-3-1-6(2-4-7)10(16)14-8(11(17)18)5-9(13)15/h1-4,8H,5H2,(H2,13,15)(H,14,16)(H,17,18)/p-1. The molecule has 1 aromatic rings. The van der Waals surface area contributed by atoms with E-state index in [4.69, 9.17) is 17.3 Å². The number of nitrogens with one attached hydrogen (secondary N) is 1. The fraction of sp³-hybridized carbons (Fsp3) is 0.182. The van der Waals surface area contributed by atoms with Gasteiger partial charge in [0.15, 0.2) is 0 Å². The first-order valence-corrected chi connectivity index (χ1v) is 5.33. The zero-order valence-corrected chi connectivity index (χ0v) is 9.94. The summed E-state index contributed by atoms with van der Waals surface area (Å²) in [6, 6.07) is 4.37. The highest BCUT2D eigenvalue weighted by Gasteiger charge is 2.16. The van der Waals surface area contributed by atoms with Crippen LogP contribution in [0.25, 0.3) is 0 Å². The Morgan fingerprint density at radius 3 is 2.28 bits per heavy atom. The van der Waals surface area contributed by atoms with E-state index < -0.39 is 30.2 Å². The van der Waals surface area contributed by atoms with Gasteiger partial charge in [0.25, 0.3) is 5.91 Å². The summed E-state index contributed by atoms with van der Waals surface area (Å²) >= 11 is 5.64. The number of amides is 2. The van der Waals surface area contributed by atoms with Crippen molar-refractivity contribution in [1.82, 2.24) is 5.32 Å². The maximum absolute atomic E-state index is 11.7. The van der Waals surface area contributed by atoms with Gasteiger partial charge >= 0.3 is 0 Å². The highest BCUT2D eigenvalue weighted by Crippen LogP contribution is 2.09. The van der Waals surface area contributed by atoms with Gasteiger partial charge in [-0.1, -0.05) is 11.6 Å². The molecule has 0 saturated heterocycles. The van der Waals surface area contributed by atoms with Gasteiger partial charge in [-0.3, -0.25) is 9.59 Å². The summed E-state index contributed by atoms with van der Waals surface area (Å²) in [5, 5.41) is 13.3. The van der Waals surface area contributed by atoms with Crippen molar-refractivity contribution in [2.24, 2.45) is 5.73 Å². The third-order valence-electron chi connectivity index (χ3n) is 2.10. The van der Waals surface area contributed by atoms with Crippen LogP contribution in [0, 0.1) is 0 Å². The van der Waals surface area contributed by atoms with Gasteiger partial charge in [-0.2, -0.15) is 0 Å². The molecular formula is C11H10ClN2O4-. The first-order chi connectivity index (χ1) is 8.40. The molecule has 0 aliphatic rings. The molecule has 0 heterocycles. The van der Waals surface area contributed by atoms with E-state index in [1.807, 2.05) is 0 Å². The van der Waals surface area contributed by atoms with Crippen LogP contribution in [0.3, 0.4) is 0 Å². The molecular weight excluding hydrogens is 260 g/mol. The SMILES string of the molecule is NC(=O)CC(NC(=O)c1ccc(Cl)cc1)C(=O)[O-]. The van der Waals surface area contributed by atoms with Gasteiger partial charge < -0.3 is 21.0 Å². The van der Waals surface area contributed by atoms with E-state index in [0.717, 1.165) is 0 Å². The normalized spacial score (nSPS) is 11.6. The predicted octanol–water partition coefficient (Wildman–Crippen LogP) is -0.936. The number of carboxylic acid groups (broad SMARTS) is 1. The fourth-order valence-electron chi connectivity index (χ4n) is 1.24. The minimum atomic E-state index is -1.57. The van der Waals surface area contributed by atoms with Gasteiger partial charge in [0, 0.05) is 10.6 Å². The molecule has 0 bridgehead atoms. The van der Waals surface area contributed by atoms with E-state index in [9.17, 15) is 19.5 Å². The van der Waals surface area contributed by atoms with Crippen LogP contribution >= 0.6 is 11.6 Å². The average Bonchev–Trinajstić information content (AvgIpc) is 2.28. The topological polar surface area (TPSA) is 112 Å². The first kappa shape index (κ1) is 14.0. The van der Waals surface area contributed by atoms with Crippen LogP contribution in [0.15, 0.2) is 24.3 Å². The molecule has 0 aromatic heterocycles. The van der Waals surface area contributed by atoms with E-state index in [0.29, 0.717) is 5.02 Å². The third kappa shape index (κ3) is 4.06. The second-order valence-corrected chi connectivity index (χ2v) is 3.96. The maximum atomic E-state index is 11.7. The van der Waals surface area contributed by atoms with Crippen molar-refractivity contribution in [3.8, 4) is 0 Å². The Kier molecular flexibility index (Phi) is 4.67. The van der Waals surface area contributed by atoms with E-state index >= 15 is 0 Å². The fourth-order valence-corrected chi connectivity index (χ4v) is 1.36. The van der Waals surface area contributed by atoms with E-state index in [1.165, 1.54) is 24.3 Å². The number of halogens is 1. The van der Waals surface area contributed by atoms with Crippen LogP contribution in [0.2, 0.25) is 5.02 Å². The van der Waals surface area contributed by atoms with Crippen molar-refractivity contribution in [2.45, 2.75) is 12.5 Å².